The van der Waals surface area contributed by atoms with Crippen LogP contribution >= 0.6 is 0 Å². The smallest absolute Gasteiger partial charge is 0.303 e. The van der Waals surface area contributed by atoms with Crippen molar-refractivity contribution in [2.24, 2.45) is 23.5 Å². The molecule has 3 N–H and O–H groups in total. The molecule has 2 fully saturated rings. The van der Waals surface area contributed by atoms with Crippen LogP contribution in [0.15, 0.2) is 0 Å². The molecule has 2 unspecified atom stereocenters. The number of amides is 1. The number of likely N-dealkylation sites (tertiary alicyclic amines) is 1. The van der Waals surface area contributed by atoms with Crippen molar-refractivity contribution in [3.63, 3.8) is 0 Å². The van der Waals surface area contributed by atoms with Crippen molar-refractivity contribution in [2.45, 2.75) is 44.9 Å². The van der Waals surface area contributed by atoms with E-state index >= 15 is 0 Å². The Morgan fingerprint density at radius 2 is 1.75 bits per heavy atom. The number of nitrogens with zero attached hydrogens (tertiary/aromatic N) is 1. The predicted molar refractivity (Wildman–Crippen MR) is 76.1 cm³/mol. The van der Waals surface area contributed by atoms with E-state index in [0.29, 0.717) is 25.6 Å². The van der Waals surface area contributed by atoms with E-state index in [-0.39, 0.29) is 24.2 Å². The van der Waals surface area contributed by atoms with E-state index in [1.54, 1.807) is 0 Å². The van der Waals surface area contributed by atoms with Crippen LogP contribution in [0.25, 0.3) is 0 Å². The predicted octanol–water partition coefficient (Wildman–Crippen LogP) is 1.46. The molecule has 114 valence electrons. The number of nitrogens with two attached hydrogens (primary N) is 1. The molecule has 1 heterocycles. The minimum absolute atomic E-state index is 0.102. The normalized spacial score (nSPS) is 28.4. The van der Waals surface area contributed by atoms with E-state index in [9.17, 15) is 9.59 Å². The third kappa shape index (κ3) is 3.72. The Bertz CT molecular complexity index is 351. The number of hydrogen-bond donors (Lipinski definition) is 2. The molecular weight excluding hydrogens is 256 g/mol. The zero-order valence-corrected chi connectivity index (χ0v) is 12.1. The first kappa shape index (κ1) is 15.3. The molecular formula is C15H26N2O3. The zero-order valence-electron chi connectivity index (χ0n) is 12.1. The van der Waals surface area contributed by atoms with Gasteiger partial charge in [-0.25, -0.2) is 0 Å². The topological polar surface area (TPSA) is 83.6 Å². The van der Waals surface area contributed by atoms with Crippen LogP contribution < -0.4 is 5.73 Å². The average molecular weight is 282 g/mol. The maximum Gasteiger partial charge on any atom is 0.303 e. The van der Waals surface area contributed by atoms with Crippen LogP contribution in [-0.2, 0) is 9.59 Å². The highest BCUT2D eigenvalue weighted by molar-refractivity contribution is 5.79. The number of carboxylic acid groups (broad SMARTS) is 1. The summed E-state index contributed by atoms with van der Waals surface area (Å²) in [4.78, 5) is 25.3. The Hall–Kier alpha value is -1.10. The van der Waals surface area contributed by atoms with Gasteiger partial charge in [0.1, 0.15) is 0 Å². The lowest BCUT2D eigenvalue weighted by molar-refractivity contribution is -0.141. The number of hydrogen-bond acceptors (Lipinski definition) is 3. The number of carboxylic acids is 1. The fourth-order valence-electron chi connectivity index (χ4n) is 3.65. The molecule has 2 atom stereocenters. The van der Waals surface area contributed by atoms with Gasteiger partial charge >= 0.3 is 5.97 Å². The van der Waals surface area contributed by atoms with Crippen LogP contribution in [0.4, 0.5) is 0 Å². The van der Waals surface area contributed by atoms with Crippen molar-refractivity contribution in [1.82, 2.24) is 4.90 Å². The SMILES string of the molecule is NCC1CCCCC1C(=O)N1CCC(CC(=O)O)CC1. The van der Waals surface area contributed by atoms with Crippen LogP contribution in [0.5, 0.6) is 0 Å². The summed E-state index contributed by atoms with van der Waals surface area (Å²) in [6, 6.07) is 0. The van der Waals surface area contributed by atoms with E-state index in [1.807, 2.05) is 4.90 Å². The second-order valence-electron chi connectivity index (χ2n) is 6.25. The molecule has 1 amide bonds. The Labute approximate surface area is 120 Å². The van der Waals surface area contributed by atoms with Crippen LogP contribution in [-0.4, -0.2) is 41.5 Å². The summed E-state index contributed by atoms with van der Waals surface area (Å²) in [7, 11) is 0. The molecule has 20 heavy (non-hydrogen) atoms. The van der Waals surface area contributed by atoms with E-state index in [2.05, 4.69) is 0 Å². The number of carbonyl (C=O) groups is 2. The van der Waals surface area contributed by atoms with Gasteiger partial charge in [0.2, 0.25) is 5.91 Å². The molecule has 0 bridgehead atoms. The Morgan fingerprint density at radius 3 is 2.35 bits per heavy atom. The zero-order chi connectivity index (χ0) is 14.5. The Morgan fingerprint density at radius 1 is 1.10 bits per heavy atom. The van der Waals surface area contributed by atoms with Gasteiger partial charge in [0.25, 0.3) is 0 Å². The highest BCUT2D eigenvalue weighted by atomic mass is 16.4. The molecule has 1 aliphatic carbocycles. The number of rotatable bonds is 4. The molecule has 1 saturated heterocycles. The molecule has 0 spiro atoms. The highest BCUT2D eigenvalue weighted by Gasteiger charge is 2.34. The molecule has 0 aromatic heterocycles. The van der Waals surface area contributed by atoms with E-state index in [0.717, 1.165) is 32.1 Å². The van der Waals surface area contributed by atoms with E-state index < -0.39 is 5.97 Å². The maximum atomic E-state index is 12.6. The lowest BCUT2D eigenvalue weighted by Crippen LogP contribution is -2.45. The average Bonchev–Trinajstić information content (AvgIpc) is 2.46. The standard InChI is InChI=1S/C15H26N2O3/c16-10-12-3-1-2-4-13(12)15(20)17-7-5-11(6-8-17)9-14(18)19/h11-13H,1-10,16H2,(H,18,19). The number of carbonyl (C=O) groups excluding carboxylic acids is 1. The molecule has 5 heteroatoms. The summed E-state index contributed by atoms with van der Waals surface area (Å²) in [5.41, 5.74) is 5.80. The molecule has 1 saturated carbocycles. The molecule has 1 aliphatic heterocycles. The van der Waals surface area contributed by atoms with Gasteiger partial charge in [0, 0.05) is 25.4 Å². The van der Waals surface area contributed by atoms with Crippen molar-refractivity contribution in [3.8, 4) is 0 Å². The van der Waals surface area contributed by atoms with Crippen LogP contribution in [0.1, 0.15) is 44.9 Å². The molecule has 0 aromatic carbocycles. The van der Waals surface area contributed by atoms with Gasteiger partial charge in [-0.15, -0.1) is 0 Å². The molecule has 0 radical (unpaired) electrons. The summed E-state index contributed by atoms with van der Waals surface area (Å²) in [6.07, 6.45) is 6.22. The summed E-state index contributed by atoms with van der Waals surface area (Å²) in [5.74, 6) is 0.199. The highest BCUT2D eigenvalue weighted by Crippen LogP contribution is 2.32. The Kier molecular flexibility index (Phi) is 5.40. The van der Waals surface area contributed by atoms with Crippen molar-refractivity contribution in [3.05, 3.63) is 0 Å². The monoisotopic (exact) mass is 282 g/mol. The van der Waals surface area contributed by atoms with E-state index in [1.165, 1.54) is 6.42 Å². The largest absolute Gasteiger partial charge is 0.481 e. The van der Waals surface area contributed by atoms with Gasteiger partial charge in [0.05, 0.1) is 0 Å². The number of aliphatic carboxylic acids is 1. The fraction of sp³-hybridized carbons (Fsp3) is 0.867. The lowest BCUT2D eigenvalue weighted by Gasteiger charge is -2.37. The lowest BCUT2D eigenvalue weighted by atomic mass is 9.78. The van der Waals surface area contributed by atoms with Gasteiger partial charge in [-0.1, -0.05) is 12.8 Å². The fourth-order valence-corrected chi connectivity index (χ4v) is 3.65. The third-order valence-electron chi connectivity index (χ3n) is 4.92. The minimum Gasteiger partial charge on any atom is -0.481 e. The third-order valence-corrected chi connectivity index (χ3v) is 4.92. The Balaban J connectivity index is 1.86. The molecule has 2 rings (SSSR count). The molecule has 0 aromatic rings. The second kappa shape index (κ2) is 7.07. The van der Waals surface area contributed by atoms with Crippen LogP contribution in [0.2, 0.25) is 0 Å². The first-order valence-electron chi connectivity index (χ1n) is 7.82. The van der Waals surface area contributed by atoms with Gasteiger partial charge in [-0.2, -0.15) is 0 Å². The van der Waals surface area contributed by atoms with Crippen LogP contribution in [0, 0.1) is 17.8 Å². The van der Waals surface area contributed by atoms with E-state index in [4.69, 9.17) is 10.8 Å². The van der Waals surface area contributed by atoms with Crippen LogP contribution in [0.3, 0.4) is 0 Å². The first-order chi connectivity index (χ1) is 9.61. The molecule has 5 nitrogen and oxygen atoms in total. The summed E-state index contributed by atoms with van der Waals surface area (Å²) in [5, 5.41) is 8.82. The molecule has 2 aliphatic rings. The maximum absolute atomic E-state index is 12.6. The minimum atomic E-state index is -0.731. The summed E-state index contributed by atoms with van der Waals surface area (Å²) >= 11 is 0. The van der Waals surface area contributed by atoms with Gasteiger partial charge < -0.3 is 15.7 Å². The van der Waals surface area contributed by atoms with Crippen molar-refractivity contribution in [2.75, 3.05) is 19.6 Å². The summed E-state index contributed by atoms with van der Waals surface area (Å²) < 4.78 is 0. The summed E-state index contributed by atoms with van der Waals surface area (Å²) in [6.45, 7) is 2.03. The first-order valence-corrected chi connectivity index (χ1v) is 7.82. The van der Waals surface area contributed by atoms with Crippen molar-refractivity contribution in [1.29, 1.82) is 0 Å². The quantitative estimate of drug-likeness (QED) is 0.817. The van der Waals surface area contributed by atoms with Gasteiger partial charge in [-0.3, -0.25) is 9.59 Å². The van der Waals surface area contributed by atoms with Gasteiger partial charge in [-0.05, 0) is 44.1 Å². The van der Waals surface area contributed by atoms with Crippen molar-refractivity contribution >= 4 is 11.9 Å². The van der Waals surface area contributed by atoms with Gasteiger partial charge in [0.15, 0.2) is 0 Å². The number of piperidine rings is 1. The van der Waals surface area contributed by atoms with Crippen molar-refractivity contribution < 1.29 is 14.7 Å². The second-order valence-corrected chi connectivity index (χ2v) is 6.25.